The Morgan fingerprint density at radius 3 is 2.83 bits per heavy atom. The molecule has 3 heteroatoms. The van der Waals surface area contributed by atoms with E-state index in [1.165, 1.54) is 17.7 Å². The molecule has 0 aliphatic carbocycles. The Hall–Kier alpha value is -0.150. The molecule has 12 heavy (non-hydrogen) atoms. The van der Waals surface area contributed by atoms with Gasteiger partial charge in [-0.2, -0.15) is 0 Å². The highest BCUT2D eigenvalue weighted by atomic mass is 32.2. The van der Waals surface area contributed by atoms with Gasteiger partial charge in [-0.05, 0) is 12.8 Å². The minimum atomic E-state index is 0.173. The standard InChI is InChI=1S/C9H18N2S/c1-3-5-6-11-7-8(4-2)12-9(11)10/h7,9H,3-6,10H2,1-2H3. The molecule has 0 bridgehead atoms. The van der Waals surface area contributed by atoms with Gasteiger partial charge in [-0.1, -0.05) is 32.0 Å². The predicted molar refractivity (Wildman–Crippen MR) is 55.6 cm³/mol. The maximum absolute atomic E-state index is 5.92. The normalized spacial score (nSPS) is 23.1. The monoisotopic (exact) mass is 186 g/mol. The van der Waals surface area contributed by atoms with Gasteiger partial charge >= 0.3 is 0 Å². The van der Waals surface area contributed by atoms with Crippen molar-refractivity contribution in [2.24, 2.45) is 5.73 Å². The Balaban J connectivity index is 2.37. The van der Waals surface area contributed by atoms with Crippen LogP contribution in [-0.4, -0.2) is 16.9 Å². The summed E-state index contributed by atoms with van der Waals surface area (Å²) in [6.07, 6.45) is 5.80. The van der Waals surface area contributed by atoms with Gasteiger partial charge in [0.25, 0.3) is 0 Å². The highest BCUT2D eigenvalue weighted by Gasteiger charge is 2.19. The second-order valence-electron chi connectivity index (χ2n) is 3.05. The number of thioether (sulfide) groups is 1. The van der Waals surface area contributed by atoms with E-state index in [1.54, 1.807) is 11.8 Å². The van der Waals surface area contributed by atoms with Gasteiger partial charge in [-0.3, -0.25) is 0 Å². The maximum Gasteiger partial charge on any atom is 0.129 e. The molecule has 0 radical (unpaired) electrons. The molecule has 1 unspecified atom stereocenters. The zero-order chi connectivity index (χ0) is 8.97. The quantitative estimate of drug-likeness (QED) is 0.730. The highest BCUT2D eigenvalue weighted by molar-refractivity contribution is 8.03. The fourth-order valence-corrected chi connectivity index (χ4v) is 2.19. The summed E-state index contributed by atoms with van der Waals surface area (Å²) < 4.78 is 0. The summed E-state index contributed by atoms with van der Waals surface area (Å²) in [6, 6.07) is 0. The molecular formula is C9H18N2S. The summed E-state index contributed by atoms with van der Waals surface area (Å²) in [5.74, 6) is 0. The smallest absolute Gasteiger partial charge is 0.129 e. The molecule has 2 N–H and O–H groups in total. The van der Waals surface area contributed by atoms with Crippen LogP contribution in [0.5, 0.6) is 0 Å². The lowest BCUT2D eigenvalue weighted by atomic mass is 10.3. The van der Waals surface area contributed by atoms with Crippen LogP contribution in [0.25, 0.3) is 0 Å². The summed E-state index contributed by atoms with van der Waals surface area (Å²) in [5, 5.41) is 0. The number of nitrogens with two attached hydrogens (primary N) is 1. The van der Waals surface area contributed by atoms with Crippen LogP contribution in [0, 0.1) is 0 Å². The number of hydrogen-bond donors (Lipinski definition) is 1. The number of hydrogen-bond acceptors (Lipinski definition) is 3. The number of allylic oxidation sites excluding steroid dienone is 1. The van der Waals surface area contributed by atoms with Crippen molar-refractivity contribution >= 4 is 11.8 Å². The molecule has 0 saturated carbocycles. The van der Waals surface area contributed by atoms with Crippen LogP contribution in [0.15, 0.2) is 11.1 Å². The lowest BCUT2D eigenvalue weighted by molar-refractivity contribution is 0.358. The van der Waals surface area contributed by atoms with E-state index in [4.69, 9.17) is 5.73 Å². The van der Waals surface area contributed by atoms with E-state index < -0.39 is 0 Å². The molecule has 2 nitrogen and oxygen atoms in total. The van der Waals surface area contributed by atoms with E-state index in [2.05, 4.69) is 24.9 Å². The van der Waals surface area contributed by atoms with Crippen molar-refractivity contribution in [3.05, 3.63) is 11.1 Å². The molecule has 0 aromatic rings. The second-order valence-corrected chi connectivity index (χ2v) is 4.29. The largest absolute Gasteiger partial charge is 0.353 e. The highest BCUT2D eigenvalue weighted by Crippen LogP contribution is 2.31. The molecule has 1 atom stereocenters. The molecule has 0 spiro atoms. The number of nitrogens with zero attached hydrogens (tertiary/aromatic N) is 1. The van der Waals surface area contributed by atoms with Crippen molar-refractivity contribution in [3.8, 4) is 0 Å². The van der Waals surface area contributed by atoms with Crippen LogP contribution in [-0.2, 0) is 0 Å². The van der Waals surface area contributed by atoms with Crippen molar-refractivity contribution in [3.63, 3.8) is 0 Å². The molecule has 0 amide bonds. The van der Waals surface area contributed by atoms with Crippen LogP contribution >= 0.6 is 11.8 Å². The van der Waals surface area contributed by atoms with Gasteiger partial charge in [-0.15, -0.1) is 0 Å². The van der Waals surface area contributed by atoms with E-state index in [-0.39, 0.29) is 5.50 Å². The van der Waals surface area contributed by atoms with Gasteiger partial charge in [-0.25, -0.2) is 0 Å². The lowest BCUT2D eigenvalue weighted by Gasteiger charge is -2.20. The van der Waals surface area contributed by atoms with Gasteiger partial charge in [0.15, 0.2) is 0 Å². The minimum Gasteiger partial charge on any atom is -0.353 e. The first-order chi connectivity index (χ1) is 5.77. The molecule has 0 aromatic heterocycles. The molecule has 70 valence electrons. The van der Waals surface area contributed by atoms with Gasteiger partial charge in [0.1, 0.15) is 5.50 Å². The van der Waals surface area contributed by atoms with Crippen LogP contribution in [0.3, 0.4) is 0 Å². The van der Waals surface area contributed by atoms with Crippen LogP contribution in [0.1, 0.15) is 33.1 Å². The SMILES string of the molecule is CCCCN1C=C(CC)SC1N. The first-order valence-corrected chi connectivity index (χ1v) is 5.54. The maximum atomic E-state index is 5.92. The summed E-state index contributed by atoms with van der Waals surface area (Å²) in [4.78, 5) is 3.66. The lowest BCUT2D eigenvalue weighted by Crippen LogP contribution is -2.32. The Morgan fingerprint density at radius 1 is 1.58 bits per heavy atom. The van der Waals surface area contributed by atoms with Crippen molar-refractivity contribution in [1.29, 1.82) is 0 Å². The van der Waals surface area contributed by atoms with Gasteiger partial charge < -0.3 is 10.6 Å². The third-order valence-electron chi connectivity index (χ3n) is 2.03. The molecule has 0 fully saturated rings. The van der Waals surface area contributed by atoms with Gasteiger partial charge in [0.2, 0.25) is 0 Å². The van der Waals surface area contributed by atoms with Crippen molar-refractivity contribution < 1.29 is 0 Å². The average molecular weight is 186 g/mol. The Kier molecular flexibility index (Phi) is 3.95. The van der Waals surface area contributed by atoms with Crippen LogP contribution in [0.4, 0.5) is 0 Å². The third-order valence-corrected chi connectivity index (χ3v) is 3.24. The van der Waals surface area contributed by atoms with E-state index in [1.807, 2.05) is 0 Å². The fraction of sp³-hybridized carbons (Fsp3) is 0.778. The molecule has 1 rings (SSSR count). The Morgan fingerprint density at radius 2 is 2.33 bits per heavy atom. The van der Waals surface area contributed by atoms with Crippen molar-refractivity contribution in [1.82, 2.24) is 4.90 Å². The summed E-state index contributed by atoms with van der Waals surface area (Å²) in [7, 11) is 0. The molecule has 0 aromatic carbocycles. The Bertz CT molecular complexity index is 168. The minimum absolute atomic E-state index is 0.173. The zero-order valence-corrected chi connectivity index (χ0v) is 8.73. The number of rotatable bonds is 4. The number of unbranched alkanes of at least 4 members (excludes halogenated alkanes) is 1. The van der Waals surface area contributed by atoms with Gasteiger partial charge in [0.05, 0.1) is 0 Å². The third kappa shape index (κ3) is 2.42. The average Bonchev–Trinajstić information content (AvgIpc) is 2.43. The van der Waals surface area contributed by atoms with Gasteiger partial charge in [0, 0.05) is 17.6 Å². The summed E-state index contributed by atoms with van der Waals surface area (Å²) in [6.45, 7) is 5.49. The topological polar surface area (TPSA) is 29.3 Å². The second kappa shape index (κ2) is 4.77. The van der Waals surface area contributed by atoms with E-state index in [0.717, 1.165) is 13.0 Å². The predicted octanol–water partition coefficient (Wildman–Crippen LogP) is 2.33. The molecule has 0 saturated heterocycles. The fourth-order valence-electron chi connectivity index (χ4n) is 1.22. The molecule has 1 aliphatic heterocycles. The summed E-state index contributed by atoms with van der Waals surface area (Å²) >= 11 is 1.79. The van der Waals surface area contributed by atoms with Crippen LogP contribution < -0.4 is 5.73 Å². The van der Waals surface area contributed by atoms with Crippen LogP contribution in [0.2, 0.25) is 0 Å². The Labute approximate surface area is 79.2 Å². The first-order valence-electron chi connectivity index (χ1n) is 4.66. The van der Waals surface area contributed by atoms with Crippen molar-refractivity contribution in [2.45, 2.75) is 38.6 Å². The van der Waals surface area contributed by atoms with E-state index in [9.17, 15) is 0 Å². The van der Waals surface area contributed by atoms with Crippen molar-refractivity contribution in [2.75, 3.05) is 6.54 Å². The molecule has 1 heterocycles. The summed E-state index contributed by atoms with van der Waals surface area (Å²) in [5.41, 5.74) is 6.10. The van der Waals surface area contributed by atoms with E-state index in [0.29, 0.717) is 0 Å². The van der Waals surface area contributed by atoms with E-state index >= 15 is 0 Å². The molecule has 1 aliphatic rings. The first kappa shape index (κ1) is 9.93. The molecular weight excluding hydrogens is 168 g/mol. The zero-order valence-electron chi connectivity index (χ0n) is 7.92.